The number of rotatable bonds is 3. The molecule has 0 unspecified atom stereocenters. The molecule has 2 bridgehead atoms. The van der Waals surface area contributed by atoms with Crippen LogP contribution in [0.5, 0.6) is 0 Å². The van der Waals surface area contributed by atoms with E-state index in [9.17, 15) is 9.59 Å². The Morgan fingerprint density at radius 3 is 2.81 bits per heavy atom. The first kappa shape index (κ1) is 17.1. The number of hydrogen-bond donors (Lipinski definition) is 1. The summed E-state index contributed by atoms with van der Waals surface area (Å²) in [5, 5.41) is 0.816. The minimum absolute atomic E-state index is 0.0791. The lowest BCUT2D eigenvalue weighted by atomic mass is 9.65. The van der Waals surface area contributed by atoms with Crippen LogP contribution in [0.15, 0.2) is 30.5 Å². The quantitative estimate of drug-likeness (QED) is 0.854. The van der Waals surface area contributed by atoms with Crippen LogP contribution in [-0.4, -0.2) is 41.0 Å². The Morgan fingerprint density at radius 1 is 1.23 bits per heavy atom. The zero-order valence-corrected chi connectivity index (χ0v) is 15.7. The molecule has 2 aromatic rings. The highest BCUT2D eigenvalue weighted by atomic mass is 16.5. The molecule has 2 heterocycles. The van der Waals surface area contributed by atoms with Crippen molar-refractivity contribution in [3.63, 3.8) is 0 Å². The van der Waals surface area contributed by atoms with Crippen LogP contribution in [0.2, 0.25) is 0 Å². The van der Waals surface area contributed by atoms with Gasteiger partial charge in [0.15, 0.2) is 6.61 Å². The number of carbonyl (C=O) groups is 2. The molecule has 1 aliphatic carbocycles. The summed E-state index contributed by atoms with van der Waals surface area (Å²) in [6.45, 7) is 7.41. The maximum absolute atomic E-state index is 12.7. The summed E-state index contributed by atoms with van der Waals surface area (Å²) < 4.78 is 5.35. The number of aromatic amines is 1. The van der Waals surface area contributed by atoms with E-state index in [-0.39, 0.29) is 29.4 Å². The largest absolute Gasteiger partial charge is 0.452 e. The topological polar surface area (TPSA) is 62.4 Å². The van der Waals surface area contributed by atoms with E-state index in [2.05, 4.69) is 25.8 Å². The minimum Gasteiger partial charge on any atom is -0.452 e. The Hall–Kier alpha value is -2.30. The van der Waals surface area contributed by atoms with Crippen LogP contribution >= 0.6 is 0 Å². The smallest absolute Gasteiger partial charge is 0.340 e. The van der Waals surface area contributed by atoms with Gasteiger partial charge >= 0.3 is 5.97 Å². The molecule has 0 radical (unpaired) electrons. The van der Waals surface area contributed by atoms with Gasteiger partial charge in [-0.15, -0.1) is 0 Å². The summed E-state index contributed by atoms with van der Waals surface area (Å²) in [7, 11) is 0. The normalized spacial score (nSPS) is 26.9. The molecule has 1 aromatic heterocycles. The number of fused-ring (bicyclic) bond motifs is 3. The lowest BCUT2D eigenvalue weighted by molar-refractivity contribution is -0.135. The van der Waals surface area contributed by atoms with Gasteiger partial charge in [-0.1, -0.05) is 39.0 Å². The van der Waals surface area contributed by atoms with Crippen LogP contribution in [0.1, 0.15) is 50.4 Å². The molecule has 4 rings (SSSR count). The van der Waals surface area contributed by atoms with Gasteiger partial charge in [-0.05, 0) is 36.2 Å². The molecule has 2 atom stereocenters. The number of para-hydroxylation sites is 1. The van der Waals surface area contributed by atoms with E-state index in [1.165, 1.54) is 0 Å². The average molecular weight is 354 g/mol. The monoisotopic (exact) mass is 354 g/mol. The highest BCUT2D eigenvalue weighted by molar-refractivity contribution is 6.04. The van der Waals surface area contributed by atoms with E-state index in [4.69, 9.17) is 4.74 Å². The molecule has 2 aliphatic rings. The van der Waals surface area contributed by atoms with Gasteiger partial charge in [-0.25, -0.2) is 4.79 Å². The van der Waals surface area contributed by atoms with Crippen LogP contribution < -0.4 is 0 Å². The third kappa shape index (κ3) is 3.00. The Labute approximate surface area is 153 Å². The fourth-order valence-corrected chi connectivity index (χ4v) is 5.28. The molecule has 1 saturated carbocycles. The third-order valence-corrected chi connectivity index (χ3v) is 5.87. The van der Waals surface area contributed by atoms with E-state index in [0.29, 0.717) is 5.56 Å². The number of nitrogens with one attached hydrogen (secondary N) is 1. The van der Waals surface area contributed by atoms with Crippen LogP contribution in [0, 0.1) is 10.8 Å². The number of likely N-dealkylation sites (tertiary alicyclic amines) is 1. The molecular formula is C21H26N2O3. The second kappa shape index (κ2) is 5.86. The van der Waals surface area contributed by atoms with Crippen LogP contribution in [0.4, 0.5) is 0 Å². The van der Waals surface area contributed by atoms with Gasteiger partial charge in [0, 0.05) is 29.7 Å². The van der Waals surface area contributed by atoms with E-state index < -0.39 is 5.97 Å². The Morgan fingerprint density at radius 2 is 2.00 bits per heavy atom. The summed E-state index contributed by atoms with van der Waals surface area (Å²) in [5.74, 6) is -0.533. The maximum atomic E-state index is 12.7. The molecule has 1 aliphatic heterocycles. The van der Waals surface area contributed by atoms with Gasteiger partial charge in [-0.3, -0.25) is 4.79 Å². The van der Waals surface area contributed by atoms with Crippen molar-refractivity contribution in [1.82, 2.24) is 9.88 Å². The van der Waals surface area contributed by atoms with Crippen molar-refractivity contribution in [2.45, 2.75) is 46.1 Å². The highest BCUT2D eigenvalue weighted by Gasteiger charge is 2.50. The van der Waals surface area contributed by atoms with E-state index in [0.717, 1.165) is 36.7 Å². The number of benzene rings is 1. The molecule has 0 spiro atoms. The predicted octanol–water partition coefficient (Wildman–Crippen LogP) is 3.75. The number of nitrogens with zero attached hydrogens (tertiary/aromatic N) is 1. The molecule has 2 fully saturated rings. The summed E-state index contributed by atoms with van der Waals surface area (Å²) in [6.07, 6.45) is 4.85. The van der Waals surface area contributed by atoms with Crippen molar-refractivity contribution in [3.8, 4) is 0 Å². The minimum atomic E-state index is -0.454. The van der Waals surface area contributed by atoms with Gasteiger partial charge < -0.3 is 14.6 Å². The third-order valence-electron chi connectivity index (χ3n) is 5.87. The van der Waals surface area contributed by atoms with Crippen molar-refractivity contribution >= 4 is 22.8 Å². The van der Waals surface area contributed by atoms with Gasteiger partial charge in [-0.2, -0.15) is 0 Å². The summed E-state index contributed by atoms with van der Waals surface area (Å²) in [4.78, 5) is 30.1. The molecule has 1 amide bonds. The Bertz CT molecular complexity index is 869. The van der Waals surface area contributed by atoms with E-state index in [1.807, 2.05) is 29.2 Å². The summed E-state index contributed by atoms with van der Waals surface area (Å²) in [6, 6.07) is 7.83. The zero-order chi connectivity index (χ0) is 18.5. The van der Waals surface area contributed by atoms with Gasteiger partial charge in [0.05, 0.1) is 5.56 Å². The average Bonchev–Trinajstić information content (AvgIpc) is 3.09. The van der Waals surface area contributed by atoms with Crippen LogP contribution in [0.25, 0.3) is 10.9 Å². The SMILES string of the molecule is CC1(C)C[C@@H]2C[C@@](C)(CN2C(=O)COC(=O)c2c[nH]c3ccccc23)C1. The lowest BCUT2D eigenvalue weighted by Gasteiger charge is -2.39. The predicted molar refractivity (Wildman–Crippen MR) is 99.8 cm³/mol. The summed E-state index contributed by atoms with van der Waals surface area (Å²) in [5.41, 5.74) is 1.80. The second-order valence-corrected chi connectivity index (χ2v) is 9.06. The number of ether oxygens (including phenoxy) is 1. The van der Waals surface area contributed by atoms with Crippen molar-refractivity contribution in [1.29, 1.82) is 0 Å². The fraction of sp³-hybridized carbons (Fsp3) is 0.524. The fourth-order valence-electron chi connectivity index (χ4n) is 5.28. The Kier molecular flexibility index (Phi) is 3.86. The number of aromatic nitrogens is 1. The first-order valence-electron chi connectivity index (χ1n) is 9.29. The standard InChI is InChI=1S/C21H26N2O3/c1-20(2)8-14-9-21(3,12-20)13-23(14)18(24)11-26-19(25)16-10-22-17-7-5-4-6-15(16)17/h4-7,10,14,22H,8-9,11-13H2,1-3H3/t14-,21-/m1/s1. The first-order valence-corrected chi connectivity index (χ1v) is 9.29. The van der Waals surface area contributed by atoms with Gasteiger partial charge in [0.25, 0.3) is 5.91 Å². The van der Waals surface area contributed by atoms with Gasteiger partial charge in [0.1, 0.15) is 0 Å². The highest BCUT2D eigenvalue weighted by Crippen LogP contribution is 2.52. The molecule has 1 N–H and O–H groups in total. The molecule has 5 heteroatoms. The van der Waals surface area contributed by atoms with E-state index in [1.54, 1.807) is 6.20 Å². The van der Waals surface area contributed by atoms with Gasteiger partial charge in [0.2, 0.25) is 0 Å². The van der Waals surface area contributed by atoms with Crippen LogP contribution in [0.3, 0.4) is 0 Å². The number of H-pyrrole nitrogens is 1. The maximum Gasteiger partial charge on any atom is 0.340 e. The number of carbonyl (C=O) groups excluding carboxylic acids is 2. The van der Waals surface area contributed by atoms with Crippen molar-refractivity contribution in [3.05, 3.63) is 36.0 Å². The number of esters is 1. The molecule has 138 valence electrons. The Balaban J connectivity index is 1.42. The molecule has 1 aromatic carbocycles. The molecule has 1 saturated heterocycles. The van der Waals surface area contributed by atoms with Crippen LogP contribution in [-0.2, 0) is 9.53 Å². The zero-order valence-electron chi connectivity index (χ0n) is 15.7. The van der Waals surface area contributed by atoms with Crippen molar-refractivity contribution in [2.75, 3.05) is 13.2 Å². The van der Waals surface area contributed by atoms with E-state index >= 15 is 0 Å². The number of hydrogen-bond acceptors (Lipinski definition) is 3. The lowest BCUT2D eigenvalue weighted by Crippen LogP contribution is -2.39. The van der Waals surface area contributed by atoms with Crippen molar-refractivity contribution in [2.24, 2.45) is 10.8 Å². The van der Waals surface area contributed by atoms with Crippen molar-refractivity contribution < 1.29 is 14.3 Å². The first-order chi connectivity index (χ1) is 12.3. The molecule has 5 nitrogen and oxygen atoms in total. The summed E-state index contributed by atoms with van der Waals surface area (Å²) >= 11 is 0. The second-order valence-electron chi connectivity index (χ2n) is 9.06. The molecule has 26 heavy (non-hydrogen) atoms. The number of amides is 1. The molecular weight excluding hydrogens is 328 g/mol.